The van der Waals surface area contributed by atoms with Gasteiger partial charge in [0.15, 0.2) is 0 Å². The first-order valence-corrected chi connectivity index (χ1v) is 6.44. The van der Waals surface area contributed by atoms with Crippen molar-refractivity contribution in [3.8, 4) is 0 Å². The molecule has 0 saturated heterocycles. The molecule has 0 atom stereocenters. The summed E-state index contributed by atoms with van der Waals surface area (Å²) in [5.41, 5.74) is 0. The van der Waals surface area contributed by atoms with Gasteiger partial charge < -0.3 is 19.6 Å². The van der Waals surface area contributed by atoms with Crippen molar-refractivity contribution >= 4 is 12.0 Å². The first-order chi connectivity index (χ1) is 9.08. The first-order valence-electron chi connectivity index (χ1n) is 6.44. The van der Waals surface area contributed by atoms with Crippen LogP contribution in [0.5, 0.6) is 0 Å². The Morgan fingerprint density at radius 1 is 1.42 bits per heavy atom. The summed E-state index contributed by atoms with van der Waals surface area (Å²) < 4.78 is 4.96. The molecule has 2 amide bonds. The number of methoxy groups -OCH3 is 1. The van der Waals surface area contributed by atoms with E-state index in [2.05, 4.69) is 6.58 Å². The van der Waals surface area contributed by atoms with Gasteiger partial charge in [-0.1, -0.05) is 6.08 Å². The monoisotopic (exact) mass is 270 g/mol. The van der Waals surface area contributed by atoms with Crippen LogP contribution in [-0.4, -0.2) is 66.8 Å². The number of hydrogen-bond donors (Lipinski definition) is 1. The SMILES string of the molecule is C=CCN(CCOC)C(=O)N(CC(=O)O)CC1CC1. The van der Waals surface area contributed by atoms with Gasteiger partial charge in [0.05, 0.1) is 6.61 Å². The fraction of sp³-hybridized carbons (Fsp3) is 0.692. The quantitative estimate of drug-likeness (QED) is 0.635. The Bertz CT molecular complexity index is 329. The van der Waals surface area contributed by atoms with Gasteiger partial charge in [0, 0.05) is 26.7 Å². The molecule has 6 nitrogen and oxygen atoms in total. The highest BCUT2D eigenvalue weighted by atomic mass is 16.5. The summed E-state index contributed by atoms with van der Waals surface area (Å²) in [6.07, 6.45) is 3.77. The lowest BCUT2D eigenvalue weighted by Crippen LogP contribution is -2.47. The van der Waals surface area contributed by atoms with E-state index in [1.807, 2.05) is 0 Å². The number of ether oxygens (including phenoxy) is 1. The third-order valence-electron chi connectivity index (χ3n) is 2.96. The predicted molar refractivity (Wildman–Crippen MR) is 71.0 cm³/mol. The second-order valence-electron chi connectivity index (χ2n) is 4.73. The van der Waals surface area contributed by atoms with Crippen LogP contribution in [0.1, 0.15) is 12.8 Å². The molecule has 0 aromatic rings. The van der Waals surface area contributed by atoms with E-state index in [0.29, 0.717) is 32.2 Å². The van der Waals surface area contributed by atoms with E-state index in [-0.39, 0.29) is 12.6 Å². The highest BCUT2D eigenvalue weighted by Crippen LogP contribution is 2.29. The van der Waals surface area contributed by atoms with Crippen LogP contribution in [-0.2, 0) is 9.53 Å². The van der Waals surface area contributed by atoms with Crippen LogP contribution in [0, 0.1) is 5.92 Å². The summed E-state index contributed by atoms with van der Waals surface area (Å²) in [5, 5.41) is 8.90. The molecule has 0 aliphatic heterocycles. The summed E-state index contributed by atoms with van der Waals surface area (Å²) in [5.74, 6) is -0.532. The van der Waals surface area contributed by atoms with Gasteiger partial charge in [0.25, 0.3) is 0 Å². The zero-order valence-corrected chi connectivity index (χ0v) is 11.4. The summed E-state index contributed by atoms with van der Waals surface area (Å²) in [4.78, 5) is 26.1. The van der Waals surface area contributed by atoms with E-state index < -0.39 is 5.97 Å². The van der Waals surface area contributed by atoms with E-state index in [9.17, 15) is 9.59 Å². The number of amides is 2. The minimum atomic E-state index is -0.987. The number of carboxylic acid groups (broad SMARTS) is 1. The van der Waals surface area contributed by atoms with Crippen molar-refractivity contribution in [2.75, 3.05) is 39.9 Å². The smallest absolute Gasteiger partial charge is 0.323 e. The van der Waals surface area contributed by atoms with Crippen LogP contribution in [0.15, 0.2) is 12.7 Å². The van der Waals surface area contributed by atoms with Crippen LogP contribution in [0.25, 0.3) is 0 Å². The third-order valence-corrected chi connectivity index (χ3v) is 2.96. The Hall–Kier alpha value is -1.56. The summed E-state index contributed by atoms with van der Waals surface area (Å²) >= 11 is 0. The lowest BCUT2D eigenvalue weighted by atomic mass is 10.3. The Balaban J connectivity index is 2.62. The van der Waals surface area contributed by atoms with E-state index in [1.54, 1.807) is 18.1 Å². The maximum absolute atomic E-state index is 12.3. The molecule has 1 saturated carbocycles. The maximum Gasteiger partial charge on any atom is 0.323 e. The zero-order chi connectivity index (χ0) is 14.3. The van der Waals surface area contributed by atoms with Gasteiger partial charge >= 0.3 is 12.0 Å². The van der Waals surface area contributed by atoms with Crippen molar-refractivity contribution in [2.45, 2.75) is 12.8 Å². The van der Waals surface area contributed by atoms with E-state index >= 15 is 0 Å². The highest BCUT2D eigenvalue weighted by molar-refractivity contribution is 5.80. The van der Waals surface area contributed by atoms with Gasteiger partial charge in [-0.3, -0.25) is 4.79 Å². The lowest BCUT2D eigenvalue weighted by molar-refractivity contribution is -0.137. The molecule has 0 unspecified atom stereocenters. The molecule has 0 bridgehead atoms. The Labute approximate surface area is 113 Å². The molecule has 0 spiro atoms. The van der Waals surface area contributed by atoms with Crippen molar-refractivity contribution in [3.05, 3.63) is 12.7 Å². The van der Waals surface area contributed by atoms with Gasteiger partial charge in [-0.2, -0.15) is 0 Å². The number of nitrogens with zero attached hydrogens (tertiary/aromatic N) is 2. The minimum Gasteiger partial charge on any atom is -0.480 e. The standard InChI is InChI=1S/C13H22N2O4/c1-3-6-14(7-8-19-2)13(18)15(10-12(16)17)9-11-4-5-11/h3,11H,1,4-10H2,2H3,(H,16,17). The summed E-state index contributed by atoms with van der Waals surface area (Å²) in [7, 11) is 1.57. The molecule has 6 heteroatoms. The molecule has 108 valence electrons. The lowest BCUT2D eigenvalue weighted by Gasteiger charge is -2.29. The Kier molecular flexibility index (Phi) is 6.35. The normalized spacial score (nSPS) is 13.9. The molecule has 0 aromatic carbocycles. The fourth-order valence-corrected chi connectivity index (χ4v) is 1.81. The van der Waals surface area contributed by atoms with Gasteiger partial charge in [0.2, 0.25) is 0 Å². The second-order valence-corrected chi connectivity index (χ2v) is 4.73. The van der Waals surface area contributed by atoms with Gasteiger partial charge in [-0.25, -0.2) is 4.79 Å². The molecule has 0 radical (unpaired) electrons. The molecule has 1 rings (SSSR count). The predicted octanol–water partition coefficient (Wildman–Crippen LogP) is 1.04. The molecule has 1 N–H and O–H groups in total. The molecule has 0 heterocycles. The number of carbonyl (C=O) groups is 2. The molecular weight excluding hydrogens is 248 g/mol. The minimum absolute atomic E-state index is 0.254. The number of hydrogen-bond acceptors (Lipinski definition) is 3. The van der Waals surface area contributed by atoms with Crippen molar-refractivity contribution in [1.82, 2.24) is 9.80 Å². The van der Waals surface area contributed by atoms with Crippen LogP contribution < -0.4 is 0 Å². The van der Waals surface area contributed by atoms with Crippen molar-refractivity contribution in [1.29, 1.82) is 0 Å². The van der Waals surface area contributed by atoms with Gasteiger partial charge in [-0.05, 0) is 18.8 Å². The Morgan fingerprint density at radius 2 is 2.11 bits per heavy atom. The number of rotatable bonds is 9. The fourth-order valence-electron chi connectivity index (χ4n) is 1.81. The first kappa shape index (κ1) is 15.5. The average Bonchev–Trinajstić information content (AvgIpc) is 3.16. The number of carbonyl (C=O) groups excluding carboxylic acids is 1. The van der Waals surface area contributed by atoms with Crippen LogP contribution >= 0.6 is 0 Å². The van der Waals surface area contributed by atoms with Crippen LogP contribution in [0.3, 0.4) is 0 Å². The topological polar surface area (TPSA) is 70.1 Å². The number of urea groups is 1. The van der Waals surface area contributed by atoms with Gasteiger partial charge in [-0.15, -0.1) is 6.58 Å². The van der Waals surface area contributed by atoms with Crippen molar-refractivity contribution in [2.24, 2.45) is 5.92 Å². The summed E-state index contributed by atoms with van der Waals surface area (Å²) in [6.45, 7) is 5.13. The average molecular weight is 270 g/mol. The molecule has 19 heavy (non-hydrogen) atoms. The second kappa shape index (κ2) is 7.78. The molecule has 1 aliphatic carbocycles. The molecule has 1 fully saturated rings. The summed E-state index contributed by atoms with van der Waals surface area (Å²) in [6, 6.07) is -0.258. The Morgan fingerprint density at radius 3 is 2.58 bits per heavy atom. The van der Waals surface area contributed by atoms with Crippen molar-refractivity contribution < 1.29 is 19.4 Å². The number of carboxylic acids is 1. The molecular formula is C13H22N2O4. The van der Waals surface area contributed by atoms with E-state index in [1.165, 1.54) is 4.90 Å². The zero-order valence-electron chi connectivity index (χ0n) is 11.4. The largest absolute Gasteiger partial charge is 0.480 e. The highest BCUT2D eigenvalue weighted by Gasteiger charge is 2.29. The van der Waals surface area contributed by atoms with E-state index in [0.717, 1.165) is 12.8 Å². The van der Waals surface area contributed by atoms with E-state index in [4.69, 9.17) is 9.84 Å². The third kappa shape index (κ3) is 5.74. The van der Waals surface area contributed by atoms with Crippen molar-refractivity contribution in [3.63, 3.8) is 0 Å². The molecule has 1 aliphatic rings. The maximum atomic E-state index is 12.3. The molecule has 0 aromatic heterocycles. The van der Waals surface area contributed by atoms with Crippen LogP contribution in [0.4, 0.5) is 4.79 Å². The van der Waals surface area contributed by atoms with Gasteiger partial charge in [0.1, 0.15) is 6.54 Å². The number of aliphatic carboxylic acids is 1. The van der Waals surface area contributed by atoms with Crippen LogP contribution in [0.2, 0.25) is 0 Å².